The van der Waals surface area contributed by atoms with E-state index in [2.05, 4.69) is 10.3 Å². The van der Waals surface area contributed by atoms with Crippen LogP contribution in [0.5, 0.6) is 5.88 Å². The molecular formula is C22H21Cl2N3O. The van der Waals surface area contributed by atoms with Crippen LogP contribution in [0.1, 0.15) is 12.8 Å². The minimum Gasteiger partial charge on any atom is -0.476 e. The van der Waals surface area contributed by atoms with Crippen LogP contribution < -0.4 is 10.1 Å². The Kier molecular flexibility index (Phi) is 6.10. The molecule has 144 valence electrons. The third-order valence-electron chi connectivity index (χ3n) is 4.85. The molecule has 4 rings (SSSR count). The number of nitrogens with zero attached hydrogens (tertiary/aromatic N) is 2. The van der Waals surface area contributed by atoms with Gasteiger partial charge in [0.1, 0.15) is 5.69 Å². The van der Waals surface area contributed by atoms with Gasteiger partial charge in [0.05, 0.1) is 18.5 Å². The van der Waals surface area contributed by atoms with Gasteiger partial charge in [-0.1, -0.05) is 47.5 Å². The van der Waals surface area contributed by atoms with Gasteiger partial charge in [0.15, 0.2) is 0 Å². The van der Waals surface area contributed by atoms with E-state index in [1.807, 2.05) is 48.5 Å². The van der Waals surface area contributed by atoms with Crippen LogP contribution in [0.15, 0.2) is 54.7 Å². The molecule has 0 radical (unpaired) electrons. The van der Waals surface area contributed by atoms with E-state index in [-0.39, 0.29) is 0 Å². The summed E-state index contributed by atoms with van der Waals surface area (Å²) in [5.41, 5.74) is 3.43. The lowest BCUT2D eigenvalue weighted by Gasteiger charge is -2.22. The molecule has 3 aromatic rings. The summed E-state index contributed by atoms with van der Waals surface area (Å²) >= 11 is 12.1. The largest absolute Gasteiger partial charge is 0.476 e. The van der Waals surface area contributed by atoms with E-state index in [1.165, 1.54) is 12.8 Å². The molecule has 1 atom stereocenters. The molecule has 1 unspecified atom stereocenters. The van der Waals surface area contributed by atoms with Crippen molar-refractivity contribution in [2.24, 2.45) is 5.92 Å². The summed E-state index contributed by atoms with van der Waals surface area (Å²) in [7, 11) is 0. The predicted molar refractivity (Wildman–Crippen MR) is 114 cm³/mol. The Morgan fingerprint density at radius 2 is 1.57 bits per heavy atom. The number of benzene rings is 2. The summed E-state index contributed by atoms with van der Waals surface area (Å²) in [6.07, 6.45) is 4.05. The van der Waals surface area contributed by atoms with E-state index in [9.17, 15) is 0 Å². The summed E-state index contributed by atoms with van der Waals surface area (Å²) in [6, 6.07) is 15.2. The molecule has 1 N–H and O–H groups in total. The molecule has 28 heavy (non-hydrogen) atoms. The lowest BCUT2D eigenvalue weighted by molar-refractivity contribution is 0.211. The maximum Gasteiger partial charge on any atom is 0.232 e. The first kappa shape index (κ1) is 19.2. The second-order valence-electron chi connectivity index (χ2n) is 6.94. The van der Waals surface area contributed by atoms with Crippen molar-refractivity contribution in [2.45, 2.75) is 12.8 Å². The molecular weight excluding hydrogens is 393 g/mol. The van der Waals surface area contributed by atoms with Crippen LogP contribution in [0.2, 0.25) is 10.0 Å². The SMILES string of the molecule is Clc1ccc(-c2ncc(OCC3CCCNC3)nc2-c2ccc(Cl)cc2)cc1. The number of rotatable bonds is 5. The molecule has 1 aliphatic rings. The van der Waals surface area contributed by atoms with Crippen molar-refractivity contribution in [1.29, 1.82) is 0 Å². The number of hydrogen-bond donors (Lipinski definition) is 1. The summed E-state index contributed by atoms with van der Waals surface area (Å²) in [5, 5.41) is 4.78. The summed E-state index contributed by atoms with van der Waals surface area (Å²) in [6.45, 7) is 2.72. The molecule has 0 bridgehead atoms. The number of aromatic nitrogens is 2. The van der Waals surface area contributed by atoms with Crippen LogP contribution in [0.25, 0.3) is 22.5 Å². The number of nitrogens with one attached hydrogen (secondary N) is 1. The van der Waals surface area contributed by atoms with Gasteiger partial charge in [-0.05, 0) is 43.7 Å². The maximum atomic E-state index is 6.06. The zero-order valence-corrected chi connectivity index (χ0v) is 16.9. The second kappa shape index (κ2) is 8.91. The number of ether oxygens (including phenoxy) is 1. The zero-order valence-electron chi connectivity index (χ0n) is 15.4. The number of piperidine rings is 1. The molecule has 0 saturated carbocycles. The Labute approximate surface area is 174 Å². The van der Waals surface area contributed by atoms with Crippen LogP contribution >= 0.6 is 23.2 Å². The van der Waals surface area contributed by atoms with Crippen LogP contribution in [0.3, 0.4) is 0 Å². The van der Waals surface area contributed by atoms with Gasteiger partial charge < -0.3 is 10.1 Å². The average Bonchev–Trinajstić information content (AvgIpc) is 2.74. The highest BCUT2D eigenvalue weighted by Crippen LogP contribution is 2.31. The van der Waals surface area contributed by atoms with Crippen molar-refractivity contribution >= 4 is 23.2 Å². The highest BCUT2D eigenvalue weighted by atomic mass is 35.5. The highest BCUT2D eigenvalue weighted by Gasteiger charge is 2.16. The van der Waals surface area contributed by atoms with Crippen LogP contribution in [0.4, 0.5) is 0 Å². The Morgan fingerprint density at radius 3 is 2.18 bits per heavy atom. The Hall–Kier alpha value is -2.14. The highest BCUT2D eigenvalue weighted by molar-refractivity contribution is 6.31. The van der Waals surface area contributed by atoms with Gasteiger partial charge in [0.2, 0.25) is 5.88 Å². The van der Waals surface area contributed by atoms with Gasteiger partial charge in [-0.15, -0.1) is 0 Å². The van der Waals surface area contributed by atoms with E-state index in [0.29, 0.717) is 28.5 Å². The summed E-state index contributed by atoms with van der Waals surface area (Å²) in [5.74, 6) is 1.04. The number of hydrogen-bond acceptors (Lipinski definition) is 4. The van der Waals surface area contributed by atoms with E-state index >= 15 is 0 Å². The van der Waals surface area contributed by atoms with Crippen molar-refractivity contribution in [3.8, 4) is 28.4 Å². The van der Waals surface area contributed by atoms with Crippen molar-refractivity contribution in [3.05, 3.63) is 64.8 Å². The summed E-state index contributed by atoms with van der Waals surface area (Å²) < 4.78 is 5.98. The van der Waals surface area contributed by atoms with Gasteiger partial charge in [0.25, 0.3) is 0 Å². The fraction of sp³-hybridized carbons (Fsp3) is 0.273. The van der Waals surface area contributed by atoms with Gasteiger partial charge in [-0.2, -0.15) is 0 Å². The Bertz CT molecular complexity index is 924. The molecule has 1 aromatic heterocycles. The van der Waals surface area contributed by atoms with Gasteiger partial charge in [0, 0.05) is 33.6 Å². The molecule has 4 nitrogen and oxygen atoms in total. The molecule has 6 heteroatoms. The quantitative estimate of drug-likeness (QED) is 0.599. The minimum absolute atomic E-state index is 0.505. The monoisotopic (exact) mass is 413 g/mol. The van der Waals surface area contributed by atoms with Crippen molar-refractivity contribution in [1.82, 2.24) is 15.3 Å². The third-order valence-corrected chi connectivity index (χ3v) is 5.36. The third kappa shape index (κ3) is 4.64. The van der Waals surface area contributed by atoms with Crippen molar-refractivity contribution in [3.63, 3.8) is 0 Å². The topological polar surface area (TPSA) is 47.0 Å². The summed E-state index contributed by atoms with van der Waals surface area (Å²) in [4.78, 5) is 9.44. The standard InChI is InChI=1S/C22H21Cl2N3O/c23-18-7-3-16(4-8-18)21-22(17-5-9-19(24)10-6-17)27-20(13-26-21)28-14-15-2-1-11-25-12-15/h3-10,13,15,25H,1-2,11-12,14H2. The molecule has 0 aliphatic carbocycles. The fourth-order valence-electron chi connectivity index (χ4n) is 3.34. The zero-order chi connectivity index (χ0) is 19.3. The van der Waals surface area contributed by atoms with Crippen LogP contribution in [0, 0.1) is 5.92 Å². The molecule has 0 spiro atoms. The van der Waals surface area contributed by atoms with Crippen LogP contribution in [-0.4, -0.2) is 29.7 Å². The minimum atomic E-state index is 0.505. The molecule has 1 aliphatic heterocycles. The first-order valence-corrected chi connectivity index (χ1v) is 10.2. The molecule has 0 amide bonds. The van der Waals surface area contributed by atoms with E-state index in [1.54, 1.807) is 6.20 Å². The van der Waals surface area contributed by atoms with Crippen molar-refractivity contribution in [2.75, 3.05) is 19.7 Å². The van der Waals surface area contributed by atoms with Gasteiger partial charge >= 0.3 is 0 Å². The van der Waals surface area contributed by atoms with E-state index < -0.39 is 0 Å². The molecule has 2 heterocycles. The van der Waals surface area contributed by atoms with Gasteiger partial charge in [-0.3, -0.25) is 0 Å². The molecule has 1 saturated heterocycles. The first-order chi connectivity index (χ1) is 13.7. The molecule has 1 fully saturated rings. The lowest BCUT2D eigenvalue weighted by atomic mass is 10.0. The lowest BCUT2D eigenvalue weighted by Crippen LogP contribution is -2.33. The Balaban J connectivity index is 1.65. The predicted octanol–water partition coefficient (Wildman–Crippen LogP) is 5.50. The number of halogens is 2. The van der Waals surface area contributed by atoms with Crippen molar-refractivity contribution < 1.29 is 4.74 Å². The first-order valence-electron chi connectivity index (χ1n) is 9.41. The second-order valence-corrected chi connectivity index (χ2v) is 7.82. The van der Waals surface area contributed by atoms with E-state index in [0.717, 1.165) is 35.6 Å². The maximum absolute atomic E-state index is 6.06. The van der Waals surface area contributed by atoms with E-state index in [4.69, 9.17) is 32.9 Å². The Morgan fingerprint density at radius 1 is 0.929 bits per heavy atom. The van der Waals surface area contributed by atoms with Crippen LogP contribution in [-0.2, 0) is 0 Å². The smallest absolute Gasteiger partial charge is 0.232 e. The average molecular weight is 414 g/mol. The molecule has 2 aromatic carbocycles. The van der Waals surface area contributed by atoms with Gasteiger partial charge in [-0.25, -0.2) is 9.97 Å². The normalized spacial score (nSPS) is 16.7. The fourth-order valence-corrected chi connectivity index (χ4v) is 3.59.